The van der Waals surface area contributed by atoms with Crippen molar-refractivity contribution in [3.63, 3.8) is 0 Å². The lowest BCUT2D eigenvalue weighted by Crippen LogP contribution is -2.35. The van der Waals surface area contributed by atoms with Crippen molar-refractivity contribution in [2.45, 2.75) is 90.9 Å². The van der Waals surface area contributed by atoms with E-state index in [4.69, 9.17) is 10.4 Å². The molecule has 0 spiro atoms. The monoisotopic (exact) mass is 349 g/mol. The Labute approximate surface area is 150 Å². The first-order chi connectivity index (χ1) is 11.8. The number of carboxylic acid groups (broad SMARTS) is 1. The van der Waals surface area contributed by atoms with Gasteiger partial charge in [-0.3, -0.25) is 14.4 Å². The number of carboxylic acids is 1. The molecule has 0 aromatic carbocycles. The van der Waals surface area contributed by atoms with Crippen LogP contribution in [0.5, 0.6) is 0 Å². The van der Waals surface area contributed by atoms with Crippen molar-refractivity contribution in [3.8, 4) is 6.07 Å². The minimum atomic E-state index is -0.789. The van der Waals surface area contributed by atoms with E-state index in [2.05, 4.69) is 6.07 Å². The summed E-state index contributed by atoms with van der Waals surface area (Å²) < 4.78 is 0. The van der Waals surface area contributed by atoms with Crippen LogP contribution in [0.1, 0.15) is 90.9 Å². The van der Waals surface area contributed by atoms with Gasteiger partial charge in [0.05, 0.1) is 16.9 Å². The number of nitriles is 1. The van der Waals surface area contributed by atoms with Crippen LogP contribution in [-0.4, -0.2) is 22.6 Å². The highest BCUT2D eigenvalue weighted by Crippen LogP contribution is 2.40. The molecule has 0 radical (unpaired) electrons. The van der Waals surface area contributed by atoms with Gasteiger partial charge in [-0.05, 0) is 39.5 Å². The second-order valence-corrected chi connectivity index (χ2v) is 7.86. The molecule has 0 bridgehead atoms. The van der Waals surface area contributed by atoms with Crippen molar-refractivity contribution in [2.24, 2.45) is 10.8 Å². The molecule has 5 nitrogen and oxygen atoms in total. The molecule has 0 aromatic rings. The van der Waals surface area contributed by atoms with Crippen LogP contribution in [0.15, 0.2) is 0 Å². The van der Waals surface area contributed by atoms with Crippen LogP contribution in [0.25, 0.3) is 0 Å². The minimum Gasteiger partial charge on any atom is -0.481 e. The zero-order valence-electron chi connectivity index (χ0n) is 15.6. The summed E-state index contributed by atoms with van der Waals surface area (Å²) in [6, 6.07) is 2.33. The number of nitrogens with zero attached hydrogens (tertiary/aromatic N) is 1. The van der Waals surface area contributed by atoms with Crippen molar-refractivity contribution < 1.29 is 19.5 Å². The zero-order valence-corrected chi connectivity index (χ0v) is 15.6. The molecular weight excluding hydrogens is 318 g/mol. The molecule has 2 aliphatic rings. The van der Waals surface area contributed by atoms with Crippen molar-refractivity contribution >= 4 is 17.5 Å². The maximum atomic E-state index is 11.1. The van der Waals surface area contributed by atoms with Crippen molar-refractivity contribution in [1.29, 1.82) is 5.26 Å². The van der Waals surface area contributed by atoms with Crippen molar-refractivity contribution in [3.05, 3.63) is 0 Å². The maximum absolute atomic E-state index is 11.1. The van der Waals surface area contributed by atoms with E-state index >= 15 is 0 Å². The summed E-state index contributed by atoms with van der Waals surface area (Å²) in [5.41, 5.74) is -1.03. The lowest BCUT2D eigenvalue weighted by Gasteiger charge is -2.32. The zero-order chi connectivity index (χ0) is 18.9. The third kappa shape index (κ3) is 6.61. The summed E-state index contributed by atoms with van der Waals surface area (Å²) in [6.45, 7) is 3.05. The molecule has 0 atom stereocenters. The smallest absolute Gasteiger partial charge is 0.310 e. The first kappa shape index (κ1) is 21.3. The van der Waals surface area contributed by atoms with Gasteiger partial charge in [0.2, 0.25) is 0 Å². The van der Waals surface area contributed by atoms with E-state index in [1.807, 2.05) is 0 Å². The molecule has 0 amide bonds. The molecule has 2 fully saturated rings. The summed E-state index contributed by atoms with van der Waals surface area (Å²) in [5.74, 6) is -0.648. The molecule has 2 saturated carbocycles. The average Bonchev–Trinajstić information content (AvgIpc) is 2.56. The Kier molecular flexibility index (Phi) is 8.28. The Bertz CT molecular complexity index is 520. The lowest BCUT2D eigenvalue weighted by molar-refractivity contribution is -0.153. The van der Waals surface area contributed by atoms with E-state index in [0.29, 0.717) is 19.3 Å². The van der Waals surface area contributed by atoms with Crippen LogP contribution < -0.4 is 0 Å². The van der Waals surface area contributed by atoms with Gasteiger partial charge in [0.15, 0.2) is 0 Å². The summed E-state index contributed by atoms with van der Waals surface area (Å²) in [6.07, 6.45) is 10.3. The van der Waals surface area contributed by atoms with Crippen LogP contribution in [0, 0.1) is 22.2 Å². The maximum Gasteiger partial charge on any atom is 0.310 e. The lowest BCUT2D eigenvalue weighted by atomic mass is 9.71. The fourth-order valence-electron chi connectivity index (χ4n) is 4.20. The van der Waals surface area contributed by atoms with Crippen molar-refractivity contribution in [1.82, 2.24) is 0 Å². The van der Waals surface area contributed by atoms with Gasteiger partial charge in [0.25, 0.3) is 0 Å². The van der Waals surface area contributed by atoms with Crippen LogP contribution in [0.4, 0.5) is 0 Å². The summed E-state index contributed by atoms with van der Waals surface area (Å²) in [7, 11) is 0. The van der Waals surface area contributed by atoms with Crippen LogP contribution in [-0.2, 0) is 14.4 Å². The Balaban J connectivity index is 0.000000251. The molecule has 2 rings (SSSR count). The SMILES string of the molecule is CC(=O)CC1(C#N)CCCCC1.CC(=O)CC1(C(=O)O)CCCCC1. The average molecular weight is 349 g/mol. The predicted molar refractivity (Wildman–Crippen MR) is 94.9 cm³/mol. The van der Waals surface area contributed by atoms with Gasteiger partial charge in [-0.2, -0.15) is 5.26 Å². The van der Waals surface area contributed by atoms with Crippen molar-refractivity contribution in [2.75, 3.05) is 0 Å². The number of rotatable bonds is 5. The number of Topliss-reactive ketones (excluding diaryl/α,β-unsaturated/α-hetero) is 2. The summed E-state index contributed by atoms with van der Waals surface area (Å²) >= 11 is 0. The Morgan fingerprint density at radius 2 is 1.28 bits per heavy atom. The highest BCUT2D eigenvalue weighted by atomic mass is 16.4. The van der Waals surface area contributed by atoms with Gasteiger partial charge >= 0.3 is 5.97 Å². The van der Waals surface area contributed by atoms with Crippen LogP contribution >= 0.6 is 0 Å². The molecule has 0 aliphatic heterocycles. The van der Waals surface area contributed by atoms with E-state index in [0.717, 1.165) is 44.9 Å². The van der Waals surface area contributed by atoms with Gasteiger partial charge in [-0.15, -0.1) is 0 Å². The number of carbonyl (C=O) groups excluding carboxylic acids is 2. The Morgan fingerprint density at radius 3 is 1.64 bits per heavy atom. The van der Waals surface area contributed by atoms with Gasteiger partial charge in [-0.1, -0.05) is 38.5 Å². The molecule has 0 heterocycles. The third-order valence-corrected chi connectivity index (χ3v) is 5.49. The fraction of sp³-hybridized carbons (Fsp3) is 0.800. The largest absolute Gasteiger partial charge is 0.481 e. The number of carbonyl (C=O) groups is 3. The Hall–Kier alpha value is -1.70. The molecule has 2 aliphatic carbocycles. The third-order valence-electron chi connectivity index (χ3n) is 5.49. The van der Waals surface area contributed by atoms with Gasteiger partial charge in [-0.25, -0.2) is 0 Å². The fourth-order valence-corrected chi connectivity index (χ4v) is 4.20. The van der Waals surface area contributed by atoms with Gasteiger partial charge in [0.1, 0.15) is 11.6 Å². The van der Waals surface area contributed by atoms with E-state index in [-0.39, 0.29) is 23.4 Å². The summed E-state index contributed by atoms with van der Waals surface area (Å²) in [5, 5.41) is 18.1. The Morgan fingerprint density at radius 1 is 0.840 bits per heavy atom. The summed E-state index contributed by atoms with van der Waals surface area (Å²) in [4.78, 5) is 32.9. The highest BCUT2D eigenvalue weighted by Gasteiger charge is 2.40. The van der Waals surface area contributed by atoms with E-state index in [1.165, 1.54) is 13.3 Å². The van der Waals surface area contributed by atoms with E-state index in [9.17, 15) is 14.4 Å². The molecule has 140 valence electrons. The van der Waals surface area contributed by atoms with Crippen LogP contribution in [0.3, 0.4) is 0 Å². The van der Waals surface area contributed by atoms with Gasteiger partial charge in [0, 0.05) is 12.8 Å². The minimum absolute atomic E-state index is 0.00991. The molecule has 1 N–H and O–H groups in total. The second-order valence-electron chi connectivity index (χ2n) is 7.86. The molecule has 0 aromatic heterocycles. The molecule has 0 saturated heterocycles. The van der Waals surface area contributed by atoms with E-state index < -0.39 is 11.4 Å². The predicted octanol–water partition coefficient (Wildman–Crippen LogP) is 4.44. The topological polar surface area (TPSA) is 95.2 Å². The quantitative estimate of drug-likeness (QED) is 0.791. The molecule has 25 heavy (non-hydrogen) atoms. The molecule has 0 unspecified atom stereocenters. The number of ketones is 2. The van der Waals surface area contributed by atoms with Gasteiger partial charge < -0.3 is 5.11 Å². The normalized spacial score (nSPS) is 21.2. The number of hydrogen-bond donors (Lipinski definition) is 1. The standard InChI is InChI=1S/C10H15NO.C10H16O3/c1-9(12)7-10(8-11)5-3-2-4-6-10;1-8(11)7-10(9(12)13)5-3-2-4-6-10/h2-7H2,1H3;2-7H2,1H3,(H,12,13). The first-order valence-corrected chi connectivity index (χ1v) is 9.39. The van der Waals surface area contributed by atoms with E-state index in [1.54, 1.807) is 6.92 Å². The number of hydrogen-bond acceptors (Lipinski definition) is 4. The molecular formula is C20H31NO4. The second kappa shape index (κ2) is 9.70. The highest BCUT2D eigenvalue weighted by molar-refractivity contribution is 5.84. The molecule has 5 heteroatoms. The number of aliphatic carboxylic acids is 1. The van der Waals surface area contributed by atoms with Crippen LogP contribution in [0.2, 0.25) is 0 Å². The first-order valence-electron chi connectivity index (χ1n) is 9.39.